The fourth-order valence-corrected chi connectivity index (χ4v) is 2.65. The van der Waals surface area contributed by atoms with Gasteiger partial charge in [-0.1, -0.05) is 12.1 Å². The largest absolute Gasteiger partial charge is 0.487 e. The van der Waals surface area contributed by atoms with E-state index in [0.717, 1.165) is 24.0 Å². The lowest BCUT2D eigenvalue weighted by molar-refractivity contribution is -0.132. The van der Waals surface area contributed by atoms with E-state index in [2.05, 4.69) is 15.2 Å². The van der Waals surface area contributed by atoms with Crippen LogP contribution in [0.25, 0.3) is 0 Å². The van der Waals surface area contributed by atoms with Crippen molar-refractivity contribution in [1.29, 1.82) is 0 Å². The molecule has 3 rings (SSSR count). The lowest BCUT2D eigenvalue weighted by Gasteiger charge is -2.12. The quantitative estimate of drug-likeness (QED) is 0.437. The molecule has 2 aromatic rings. The number of carbonyl (C=O) groups excluding carboxylic acids is 1. The Morgan fingerprint density at radius 1 is 1.19 bits per heavy atom. The highest BCUT2D eigenvalue weighted by Crippen LogP contribution is 2.28. The minimum atomic E-state index is -4.62. The first-order valence-electron chi connectivity index (χ1n) is 9.88. The van der Waals surface area contributed by atoms with Gasteiger partial charge in [0.2, 0.25) is 5.76 Å². The van der Waals surface area contributed by atoms with Crippen LogP contribution in [0.3, 0.4) is 0 Å². The van der Waals surface area contributed by atoms with Gasteiger partial charge in [-0.05, 0) is 67.5 Å². The van der Waals surface area contributed by atoms with E-state index in [4.69, 9.17) is 9.57 Å². The Labute approximate surface area is 178 Å². The van der Waals surface area contributed by atoms with E-state index < -0.39 is 17.8 Å². The van der Waals surface area contributed by atoms with Crippen molar-refractivity contribution in [1.82, 2.24) is 10.5 Å². The molecule has 1 aromatic heterocycles. The van der Waals surface area contributed by atoms with Crippen LogP contribution in [-0.4, -0.2) is 30.3 Å². The summed E-state index contributed by atoms with van der Waals surface area (Å²) in [5.41, 5.74) is 4.38. The minimum Gasteiger partial charge on any atom is -0.487 e. The first-order chi connectivity index (χ1) is 14.8. The summed E-state index contributed by atoms with van der Waals surface area (Å²) < 4.78 is 48.0. The molecule has 0 bridgehead atoms. The van der Waals surface area contributed by atoms with Gasteiger partial charge in [-0.2, -0.15) is 13.2 Å². The third kappa shape index (κ3) is 7.29. The van der Waals surface area contributed by atoms with Crippen molar-refractivity contribution >= 4 is 5.91 Å². The van der Waals surface area contributed by atoms with Crippen molar-refractivity contribution in [3.05, 3.63) is 71.4 Å². The number of hydrogen-bond acceptors (Lipinski definition) is 5. The summed E-state index contributed by atoms with van der Waals surface area (Å²) in [7, 11) is 0. The molecule has 0 radical (unpaired) electrons. The second-order valence-electron chi connectivity index (χ2n) is 7.09. The van der Waals surface area contributed by atoms with Gasteiger partial charge in [0.05, 0.1) is 13.2 Å². The van der Waals surface area contributed by atoms with Gasteiger partial charge in [0.1, 0.15) is 17.7 Å². The first-order valence-corrected chi connectivity index (χ1v) is 9.88. The number of hydrogen-bond donors (Lipinski definition) is 1. The molecule has 1 heterocycles. The number of halogens is 3. The number of amides is 1. The number of carbonyl (C=O) groups is 1. The van der Waals surface area contributed by atoms with Crippen molar-refractivity contribution in [2.24, 2.45) is 5.92 Å². The van der Waals surface area contributed by atoms with E-state index in [0.29, 0.717) is 25.2 Å². The predicted molar refractivity (Wildman–Crippen MR) is 106 cm³/mol. The zero-order valence-electron chi connectivity index (χ0n) is 16.9. The van der Waals surface area contributed by atoms with Gasteiger partial charge in [-0.15, -0.1) is 0 Å². The third-order valence-electron chi connectivity index (χ3n) is 4.45. The molecule has 9 heteroatoms. The second-order valence-corrected chi connectivity index (χ2v) is 7.09. The third-order valence-corrected chi connectivity index (χ3v) is 4.45. The Morgan fingerprint density at radius 2 is 1.94 bits per heavy atom. The van der Waals surface area contributed by atoms with Gasteiger partial charge >= 0.3 is 6.18 Å². The maximum Gasteiger partial charge on any atom is 0.452 e. The van der Waals surface area contributed by atoms with Crippen molar-refractivity contribution in [3.63, 3.8) is 0 Å². The summed E-state index contributed by atoms with van der Waals surface area (Å²) in [5, 5.41) is 0. The molecule has 0 atom stereocenters. The molecule has 1 fully saturated rings. The number of benzene rings is 1. The molecule has 1 amide bonds. The van der Waals surface area contributed by atoms with E-state index >= 15 is 0 Å². The monoisotopic (exact) mass is 436 g/mol. The summed E-state index contributed by atoms with van der Waals surface area (Å²) >= 11 is 0. The maximum atomic E-state index is 12.8. The highest BCUT2D eigenvalue weighted by atomic mass is 19.4. The number of hydroxylamine groups is 1. The van der Waals surface area contributed by atoms with E-state index in [1.165, 1.54) is 6.92 Å². The summed E-state index contributed by atoms with van der Waals surface area (Å²) in [6.07, 6.45) is 0.232. The molecule has 1 N–H and O–H groups in total. The Morgan fingerprint density at radius 3 is 2.58 bits per heavy atom. The van der Waals surface area contributed by atoms with Gasteiger partial charge in [0.25, 0.3) is 5.91 Å². The Balaban J connectivity index is 1.57. The van der Waals surface area contributed by atoms with Crippen LogP contribution in [0.15, 0.2) is 54.6 Å². The number of pyridine rings is 1. The molecule has 1 aromatic carbocycles. The lowest BCUT2D eigenvalue weighted by atomic mass is 10.1. The maximum absolute atomic E-state index is 12.8. The fraction of sp³-hybridized carbons (Fsp3) is 0.364. The van der Waals surface area contributed by atoms with Crippen LogP contribution < -0.4 is 10.2 Å². The molecule has 0 aliphatic heterocycles. The minimum absolute atomic E-state index is 0.119. The molecule has 6 nitrogen and oxygen atoms in total. The number of nitrogens with zero attached hydrogens (tertiary/aromatic N) is 1. The molecule has 0 saturated heterocycles. The number of aromatic nitrogens is 1. The predicted octanol–water partition coefficient (Wildman–Crippen LogP) is 4.56. The summed E-state index contributed by atoms with van der Waals surface area (Å²) in [4.78, 5) is 21.4. The smallest absolute Gasteiger partial charge is 0.452 e. The van der Waals surface area contributed by atoms with Crippen LogP contribution in [0, 0.1) is 5.92 Å². The van der Waals surface area contributed by atoms with E-state index in [-0.39, 0.29) is 18.1 Å². The molecule has 1 saturated carbocycles. The average molecular weight is 436 g/mol. The number of nitrogens with one attached hydrogen (secondary N) is 1. The van der Waals surface area contributed by atoms with Crippen LogP contribution in [0.5, 0.6) is 5.75 Å². The number of alkyl halides is 3. The second kappa shape index (κ2) is 10.3. The normalized spacial score (nSPS) is 14.3. The summed E-state index contributed by atoms with van der Waals surface area (Å²) in [6.45, 7) is 1.85. The van der Waals surface area contributed by atoms with Gasteiger partial charge in [0, 0.05) is 6.20 Å². The highest BCUT2D eigenvalue weighted by Gasteiger charge is 2.36. The van der Waals surface area contributed by atoms with Crippen molar-refractivity contribution in [2.45, 2.75) is 32.4 Å². The van der Waals surface area contributed by atoms with Crippen molar-refractivity contribution < 1.29 is 32.3 Å². The molecule has 0 unspecified atom stereocenters. The summed E-state index contributed by atoms with van der Waals surface area (Å²) in [6, 6.07) is 10.0. The molecule has 166 valence electrons. The standard InChI is InChI=1S/C22H23F3N2O4/c1-2-29-20(22(23,24)25)14-30-18-7-5-15(6-8-18)11-17-9-10-26-19(12-17)21(28)27-31-13-16-3-4-16/h5-10,12,14,16H,2-4,11,13H2,1H3,(H,27,28)/b20-14-. The van der Waals surface area contributed by atoms with Crippen LogP contribution in [0.2, 0.25) is 0 Å². The van der Waals surface area contributed by atoms with Crippen LogP contribution in [0.4, 0.5) is 13.2 Å². The molecule has 1 aliphatic carbocycles. The molecule has 0 spiro atoms. The Bertz CT molecular complexity index is 910. The summed E-state index contributed by atoms with van der Waals surface area (Å²) in [5.74, 6) is -0.829. The fourth-order valence-electron chi connectivity index (χ4n) is 2.65. The van der Waals surface area contributed by atoms with E-state index in [1.54, 1.807) is 42.6 Å². The van der Waals surface area contributed by atoms with Crippen molar-refractivity contribution in [2.75, 3.05) is 13.2 Å². The lowest BCUT2D eigenvalue weighted by Crippen LogP contribution is -2.25. The number of rotatable bonds is 10. The number of ether oxygens (including phenoxy) is 2. The SMILES string of the molecule is CCO/C(=C\Oc1ccc(Cc2ccnc(C(=O)NOCC3CC3)c2)cc1)C(F)(F)F. The Kier molecular flexibility index (Phi) is 7.51. The zero-order chi connectivity index (χ0) is 22.3. The Hall–Kier alpha value is -3.07. The number of allylic oxidation sites excluding steroid dienone is 1. The topological polar surface area (TPSA) is 69.7 Å². The van der Waals surface area contributed by atoms with Crippen LogP contribution >= 0.6 is 0 Å². The average Bonchev–Trinajstić information content (AvgIpc) is 3.56. The highest BCUT2D eigenvalue weighted by molar-refractivity contribution is 5.91. The molecular weight excluding hydrogens is 413 g/mol. The van der Waals surface area contributed by atoms with Crippen molar-refractivity contribution in [3.8, 4) is 5.75 Å². The molecular formula is C22H23F3N2O4. The van der Waals surface area contributed by atoms with E-state index in [9.17, 15) is 18.0 Å². The van der Waals surface area contributed by atoms with Gasteiger partial charge < -0.3 is 9.47 Å². The van der Waals surface area contributed by atoms with Gasteiger partial charge in [-0.3, -0.25) is 14.6 Å². The molecule has 31 heavy (non-hydrogen) atoms. The molecule has 1 aliphatic rings. The van der Waals surface area contributed by atoms with Crippen LogP contribution in [-0.2, 0) is 16.0 Å². The first kappa shape index (κ1) is 22.6. The van der Waals surface area contributed by atoms with E-state index in [1.807, 2.05) is 0 Å². The van der Waals surface area contributed by atoms with Crippen LogP contribution in [0.1, 0.15) is 41.4 Å². The zero-order valence-corrected chi connectivity index (χ0v) is 16.9. The van der Waals surface area contributed by atoms with Gasteiger partial charge in [-0.25, -0.2) is 5.48 Å². The van der Waals surface area contributed by atoms with Gasteiger partial charge in [0.15, 0.2) is 0 Å².